The van der Waals surface area contributed by atoms with Crippen molar-refractivity contribution in [1.29, 1.82) is 0 Å². The molecule has 0 aromatic heterocycles. The van der Waals surface area contributed by atoms with Crippen LogP contribution in [0.4, 0.5) is 0 Å². The molecular formula is C11H19NO6S3. The largest absolute Gasteiger partial charge is 0.480 e. The molecular weight excluding hydrogens is 338 g/mol. The second-order valence-electron chi connectivity index (χ2n) is 4.78. The Morgan fingerprint density at radius 2 is 2.05 bits per heavy atom. The minimum atomic E-state index is -4.45. The average Bonchev–Trinajstić information content (AvgIpc) is 2.85. The highest BCUT2D eigenvalue weighted by molar-refractivity contribution is 8.77. The van der Waals surface area contributed by atoms with E-state index in [0.717, 1.165) is 18.6 Å². The van der Waals surface area contributed by atoms with Gasteiger partial charge in [0.2, 0.25) is 5.91 Å². The Morgan fingerprint density at radius 3 is 2.57 bits per heavy atom. The average molecular weight is 357 g/mol. The van der Waals surface area contributed by atoms with E-state index in [0.29, 0.717) is 11.7 Å². The van der Waals surface area contributed by atoms with Crippen LogP contribution in [-0.4, -0.2) is 52.8 Å². The van der Waals surface area contributed by atoms with Gasteiger partial charge in [-0.05, 0) is 19.3 Å². The Kier molecular flexibility index (Phi) is 7.85. The fraction of sp³-hybridized carbons (Fsp3) is 0.818. The predicted octanol–water partition coefficient (Wildman–Crippen LogP) is 1.16. The number of nitrogens with one attached hydrogen (secondary N) is 1. The van der Waals surface area contributed by atoms with Crippen LogP contribution in [0.5, 0.6) is 0 Å². The van der Waals surface area contributed by atoms with Gasteiger partial charge in [-0.3, -0.25) is 9.35 Å². The van der Waals surface area contributed by atoms with Crippen LogP contribution in [0.25, 0.3) is 0 Å². The van der Waals surface area contributed by atoms with Gasteiger partial charge in [0.15, 0.2) is 0 Å². The summed E-state index contributed by atoms with van der Waals surface area (Å²) in [5.74, 6) is -1.87. The molecule has 2 atom stereocenters. The van der Waals surface area contributed by atoms with Crippen LogP contribution in [0, 0.1) is 0 Å². The zero-order valence-corrected chi connectivity index (χ0v) is 13.8. The van der Waals surface area contributed by atoms with E-state index in [9.17, 15) is 18.0 Å². The molecule has 1 saturated heterocycles. The first-order chi connectivity index (χ1) is 9.78. The number of amides is 1. The maximum atomic E-state index is 11.6. The van der Waals surface area contributed by atoms with Crippen molar-refractivity contribution in [3.05, 3.63) is 0 Å². The van der Waals surface area contributed by atoms with Gasteiger partial charge in [0, 0.05) is 17.4 Å². The lowest BCUT2D eigenvalue weighted by molar-refractivity contribution is -0.141. The molecule has 1 aliphatic rings. The first-order valence-corrected chi connectivity index (χ1v) is 10.5. The van der Waals surface area contributed by atoms with E-state index in [-0.39, 0.29) is 6.42 Å². The number of carbonyl (C=O) groups excluding carboxylic acids is 1. The van der Waals surface area contributed by atoms with Crippen molar-refractivity contribution >= 4 is 43.6 Å². The molecule has 0 aromatic rings. The summed E-state index contributed by atoms with van der Waals surface area (Å²) in [6.45, 7) is 0. The normalized spacial score (nSPS) is 20.1. The van der Waals surface area contributed by atoms with Gasteiger partial charge in [0.05, 0.1) is 0 Å². The quantitative estimate of drug-likeness (QED) is 0.319. The maximum Gasteiger partial charge on any atom is 0.327 e. The standard InChI is InChI=1S/C11H19NO6S3/c13-10(4-2-1-3-8-5-6-19-20-8)12-9(11(14)15)7-21(16,17)18/h8-9H,1-7H2,(H,12,13)(H,14,15)(H,16,17,18)/t8?,9-/m0/s1. The summed E-state index contributed by atoms with van der Waals surface area (Å²) in [5.41, 5.74) is 0. The maximum absolute atomic E-state index is 11.6. The van der Waals surface area contributed by atoms with Gasteiger partial charge in [-0.15, -0.1) is 0 Å². The minimum Gasteiger partial charge on any atom is -0.480 e. The predicted molar refractivity (Wildman–Crippen MR) is 82.9 cm³/mol. The van der Waals surface area contributed by atoms with Crippen molar-refractivity contribution in [3.63, 3.8) is 0 Å². The molecule has 3 N–H and O–H groups in total. The second kappa shape index (κ2) is 8.86. The van der Waals surface area contributed by atoms with E-state index in [1.807, 2.05) is 21.6 Å². The van der Waals surface area contributed by atoms with E-state index >= 15 is 0 Å². The van der Waals surface area contributed by atoms with Gasteiger partial charge in [-0.1, -0.05) is 28.0 Å². The van der Waals surface area contributed by atoms with Crippen LogP contribution in [0.3, 0.4) is 0 Å². The third-order valence-electron chi connectivity index (χ3n) is 2.92. The minimum absolute atomic E-state index is 0.153. The topological polar surface area (TPSA) is 121 Å². The van der Waals surface area contributed by atoms with Gasteiger partial charge in [-0.25, -0.2) is 4.79 Å². The SMILES string of the molecule is O=C(CCCCC1CCSS1)N[C@@H](CS(=O)(=O)O)C(=O)O. The molecule has 0 aromatic carbocycles. The zero-order chi connectivity index (χ0) is 15.9. The highest BCUT2D eigenvalue weighted by Crippen LogP contribution is 2.39. The van der Waals surface area contributed by atoms with Crippen molar-refractivity contribution < 1.29 is 27.7 Å². The number of rotatable bonds is 9. The lowest BCUT2D eigenvalue weighted by atomic mass is 10.1. The Hall–Kier alpha value is -0.450. The number of carboxylic acids is 1. The Balaban J connectivity index is 2.25. The van der Waals surface area contributed by atoms with Gasteiger partial charge in [0.1, 0.15) is 11.8 Å². The first-order valence-electron chi connectivity index (χ1n) is 6.53. The highest BCUT2D eigenvalue weighted by atomic mass is 33.1. The summed E-state index contributed by atoms with van der Waals surface area (Å²) in [6, 6.07) is -1.62. The van der Waals surface area contributed by atoms with E-state index in [2.05, 4.69) is 5.32 Å². The van der Waals surface area contributed by atoms with Crippen molar-refractivity contribution in [3.8, 4) is 0 Å². The Labute approximate surface area is 131 Å². The van der Waals surface area contributed by atoms with Crippen molar-refractivity contribution in [2.75, 3.05) is 11.5 Å². The van der Waals surface area contributed by atoms with Crippen LogP contribution in [0.2, 0.25) is 0 Å². The lowest BCUT2D eigenvalue weighted by Gasteiger charge is -2.13. The molecule has 0 aliphatic carbocycles. The molecule has 122 valence electrons. The molecule has 1 heterocycles. The van der Waals surface area contributed by atoms with E-state index < -0.39 is 33.8 Å². The summed E-state index contributed by atoms with van der Waals surface area (Å²) in [7, 11) is -0.730. The summed E-state index contributed by atoms with van der Waals surface area (Å²) in [4.78, 5) is 22.4. The molecule has 0 spiro atoms. The molecule has 1 amide bonds. The molecule has 1 unspecified atom stereocenters. The molecule has 1 aliphatic heterocycles. The number of carboxylic acid groups (broad SMARTS) is 1. The van der Waals surface area contributed by atoms with E-state index in [4.69, 9.17) is 9.66 Å². The molecule has 0 radical (unpaired) electrons. The van der Waals surface area contributed by atoms with E-state index in [1.54, 1.807) is 0 Å². The number of hydrogen-bond donors (Lipinski definition) is 3. The number of unbranched alkanes of at least 4 members (excludes halogenated alkanes) is 1. The van der Waals surface area contributed by atoms with Crippen LogP contribution in [-0.2, 0) is 19.7 Å². The molecule has 21 heavy (non-hydrogen) atoms. The fourth-order valence-corrected chi connectivity index (χ4v) is 5.55. The van der Waals surface area contributed by atoms with E-state index in [1.165, 1.54) is 6.42 Å². The van der Waals surface area contributed by atoms with Gasteiger partial charge in [-0.2, -0.15) is 8.42 Å². The lowest BCUT2D eigenvalue weighted by Crippen LogP contribution is -2.45. The van der Waals surface area contributed by atoms with Crippen molar-refractivity contribution in [1.82, 2.24) is 5.32 Å². The Morgan fingerprint density at radius 1 is 1.33 bits per heavy atom. The third kappa shape index (κ3) is 8.54. The second-order valence-corrected chi connectivity index (χ2v) is 9.07. The zero-order valence-electron chi connectivity index (χ0n) is 11.4. The summed E-state index contributed by atoms with van der Waals surface area (Å²) in [6.07, 6.45) is 3.86. The van der Waals surface area contributed by atoms with Crippen LogP contribution >= 0.6 is 21.6 Å². The number of carbonyl (C=O) groups is 2. The van der Waals surface area contributed by atoms with Crippen molar-refractivity contribution in [2.24, 2.45) is 0 Å². The fourth-order valence-electron chi connectivity index (χ4n) is 1.87. The molecule has 0 saturated carbocycles. The molecule has 0 bridgehead atoms. The molecule has 10 heteroatoms. The number of hydrogen-bond acceptors (Lipinski definition) is 6. The van der Waals surface area contributed by atoms with Crippen LogP contribution < -0.4 is 5.32 Å². The van der Waals surface area contributed by atoms with Gasteiger partial charge < -0.3 is 10.4 Å². The Bertz CT molecular complexity index is 461. The summed E-state index contributed by atoms with van der Waals surface area (Å²) < 4.78 is 30.0. The highest BCUT2D eigenvalue weighted by Gasteiger charge is 2.25. The van der Waals surface area contributed by atoms with Gasteiger partial charge >= 0.3 is 5.97 Å². The van der Waals surface area contributed by atoms with Crippen molar-refractivity contribution in [2.45, 2.75) is 43.4 Å². The first kappa shape index (κ1) is 18.6. The number of aliphatic carboxylic acids is 1. The van der Waals surface area contributed by atoms with Crippen LogP contribution in [0.1, 0.15) is 32.1 Å². The molecule has 1 fully saturated rings. The van der Waals surface area contributed by atoms with Gasteiger partial charge in [0.25, 0.3) is 10.1 Å². The molecule has 7 nitrogen and oxygen atoms in total. The molecule has 1 rings (SSSR count). The monoisotopic (exact) mass is 357 g/mol. The summed E-state index contributed by atoms with van der Waals surface area (Å²) in [5, 5.41) is 11.5. The smallest absolute Gasteiger partial charge is 0.327 e. The summed E-state index contributed by atoms with van der Waals surface area (Å²) >= 11 is 0. The third-order valence-corrected chi connectivity index (χ3v) is 6.68. The van der Waals surface area contributed by atoms with Crippen LogP contribution in [0.15, 0.2) is 0 Å².